The van der Waals surface area contributed by atoms with E-state index in [1.165, 1.54) is 15.8 Å². The lowest BCUT2D eigenvalue weighted by Gasteiger charge is -2.16. The summed E-state index contributed by atoms with van der Waals surface area (Å²) >= 11 is 5.39. The highest BCUT2D eigenvalue weighted by Crippen LogP contribution is 2.24. The summed E-state index contributed by atoms with van der Waals surface area (Å²) in [5, 5.41) is 5.68. The summed E-state index contributed by atoms with van der Waals surface area (Å²) in [6.07, 6.45) is 5.29. The Morgan fingerprint density at radius 2 is 2.47 bits per heavy atom. The average molecular weight is 288 g/mol. The molecule has 0 saturated carbocycles. The SMILES string of the molecule is C=CCC(Cc1sccc1Br)NCCC. The fourth-order valence-corrected chi connectivity index (χ4v) is 3.08. The largest absolute Gasteiger partial charge is 0.313 e. The van der Waals surface area contributed by atoms with Crippen LogP contribution in [0.5, 0.6) is 0 Å². The van der Waals surface area contributed by atoms with Crippen molar-refractivity contribution in [2.45, 2.75) is 32.2 Å². The Balaban J connectivity index is 2.50. The third kappa shape index (κ3) is 4.49. The van der Waals surface area contributed by atoms with Crippen molar-refractivity contribution < 1.29 is 0 Å². The number of hydrogen-bond donors (Lipinski definition) is 1. The van der Waals surface area contributed by atoms with Gasteiger partial charge in [-0.1, -0.05) is 13.0 Å². The third-order valence-corrected chi connectivity index (χ3v) is 4.21. The summed E-state index contributed by atoms with van der Waals surface area (Å²) in [5.74, 6) is 0. The molecule has 1 aromatic rings. The smallest absolute Gasteiger partial charge is 0.0314 e. The molecule has 1 heterocycles. The summed E-state index contributed by atoms with van der Waals surface area (Å²) < 4.78 is 1.24. The van der Waals surface area contributed by atoms with Crippen LogP contribution in [-0.2, 0) is 6.42 Å². The Morgan fingerprint density at radius 1 is 1.67 bits per heavy atom. The first kappa shape index (κ1) is 12.9. The Labute approximate surface area is 105 Å². The van der Waals surface area contributed by atoms with Crippen LogP contribution in [0.4, 0.5) is 0 Å². The summed E-state index contributed by atoms with van der Waals surface area (Å²) in [5.41, 5.74) is 0. The van der Waals surface area contributed by atoms with E-state index in [0.717, 1.165) is 19.4 Å². The van der Waals surface area contributed by atoms with E-state index in [1.807, 2.05) is 17.4 Å². The summed E-state index contributed by atoms with van der Waals surface area (Å²) in [4.78, 5) is 1.42. The maximum Gasteiger partial charge on any atom is 0.0314 e. The zero-order valence-corrected chi connectivity index (χ0v) is 11.5. The third-order valence-electron chi connectivity index (χ3n) is 2.26. The molecule has 0 aliphatic heterocycles. The van der Waals surface area contributed by atoms with E-state index in [4.69, 9.17) is 0 Å². The molecular formula is C12H18BrNS. The van der Waals surface area contributed by atoms with E-state index in [0.29, 0.717) is 6.04 Å². The van der Waals surface area contributed by atoms with Gasteiger partial charge in [-0.15, -0.1) is 17.9 Å². The molecule has 0 saturated heterocycles. The molecule has 0 fully saturated rings. The number of halogens is 1. The Hall–Kier alpha value is -0.120. The second-order valence-electron chi connectivity index (χ2n) is 3.57. The molecule has 1 N–H and O–H groups in total. The fraction of sp³-hybridized carbons (Fsp3) is 0.500. The van der Waals surface area contributed by atoms with Crippen LogP contribution in [0.2, 0.25) is 0 Å². The predicted molar refractivity (Wildman–Crippen MR) is 72.6 cm³/mol. The topological polar surface area (TPSA) is 12.0 Å². The molecule has 0 spiro atoms. The van der Waals surface area contributed by atoms with E-state index in [-0.39, 0.29) is 0 Å². The molecule has 1 nitrogen and oxygen atoms in total. The monoisotopic (exact) mass is 287 g/mol. The van der Waals surface area contributed by atoms with Crippen molar-refractivity contribution in [1.29, 1.82) is 0 Å². The van der Waals surface area contributed by atoms with Crippen LogP contribution in [0, 0.1) is 0 Å². The van der Waals surface area contributed by atoms with E-state index in [1.54, 1.807) is 0 Å². The lowest BCUT2D eigenvalue weighted by atomic mass is 10.1. The highest BCUT2D eigenvalue weighted by molar-refractivity contribution is 9.10. The van der Waals surface area contributed by atoms with Gasteiger partial charge in [-0.2, -0.15) is 0 Å². The molecule has 1 unspecified atom stereocenters. The Morgan fingerprint density at radius 3 is 3.00 bits per heavy atom. The van der Waals surface area contributed by atoms with Crippen molar-refractivity contribution in [1.82, 2.24) is 5.32 Å². The van der Waals surface area contributed by atoms with Gasteiger partial charge >= 0.3 is 0 Å². The minimum absolute atomic E-state index is 0.525. The second-order valence-corrected chi connectivity index (χ2v) is 5.43. The van der Waals surface area contributed by atoms with Crippen molar-refractivity contribution >= 4 is 27.3 Å². The first-order chi connectivity index (χ1) is 7.27. The van der Waals surface area contributed by atoms with Crippen LogP contribution >= 0.6 is 27.3 Å². The lowest BCUT2D eigenvalue weighted by molar-refractivity contribution is 0.514. The van der Waals surface area contributed by atoms with E-state index >= 15 is 0 Å². The number of thiophene rings is 1. The molecule has 1 rings (SSSR count). The molecule has 0 aliphatic carbocycles. The second kappa shape index (κ2) is 7.20. The van der Waals surface area contributed by atoms with E-state index in [2.05, 4.69) is 46.2 Å². The standard InChI is InChI=1S/C12H18BrNS/c1-3-5-10(14-7-4-2)9-12-11(13)6-8-15-12/h3,6,8,10,14H,1,4-5,7,9H2,2H3. The van der Waals surface area contributed by atoms with Gasteiger partial charge in [-0.25, -0.2) is 0 Å². The van der Waals surface area contributed by atoms with Gasteiger partial charge in [0.1, 0.15) is 0 Å². The van der Waals surface area contributed by atoms with Gasteiger partial charge in [0, 0.05) is 15.4 Å². The molecule has 0 aliphatic rings. The highest BCUT2D eigenvalue weighted by Gasteiger charge is 2.10. The Kier molecular flexibility index (Phi) is 6.22. The average Bonchev–Trinajstić information content (AvgIpc) is 2.61. The van der Waals surface area contributed by atoms with Crippen LogP contribution in [0.1, 0.15) is 24.6 Å². The number of nitrogens with one attached hydrogen (secondary N) is 1. The maximum absolute atomic E-state index is 3.81. The van der Waals surface area contributed by atoms with Crippen molar-refractivity contribution in [2.75, 3.05) is 6.54 Å². The van der Waals surface area contributed by atoms with Gasteiger partial charge in [0.15, 0.2) is 0 Å². The first-order valence-electron chi connectivity index (χ1n) is 5.34. The molecule has 1 atom stereocenters. The zero-order chi connectivity index (χ0) is 11.1. The normalized spacial score (nSPS) is 12.7. The number of rotatable bonds is 7. The van der Waals surface area contributed by atoms with Crippen molar-refractivity contribution in [3.8, 4) is 0 Å². The van der Waals surface area contributed by atoms with Gasteiger partial charge in [0.2, 0.25) is 0 Å². The first-order valence-corrected chi connectivity index (χ1v) is 7.01. The molecule has 1 aromatic heterocycles. The molecule has 0 amide bonds. The van der Waals surface area contributed by atoms with Crippen LogP contribution in [0.3, 0.4) is 0 Å². The summed E-state index contributed by atoms with van der Waals surface area (Å²) in [6.45, 7) is 7.09. The van der Waals surface area contributed by atoms with Crippen LogP contribution < -0.4 is 5.32 Å². The van der Waals surface area contributed by atoms with Crippen molar-refractivity contribution in [3.63, 3.8) is 0 Å². The summed E-state index contributed by atoms with van der Waals surface area (Å²) in [6, 6.07) is 2.64. The van der Waals surface area contributed by atoms with Crippen molar-refractivity contribution in [3.05, 3.63) is 33.5 Å². The molecule has 0 aromatic carbocycles. The van der Waals surface area contributed by atoms with Gasteiger partial charge in [0.25, 0.3) is 0 Å². The van der Waals surface area contributed by atoms with Crippen LogP contribution in [-0.4, -0.2) is 12.6 Å². The maximum atomic E-state index is 3.81. The van der Waals surface area contributed by atoms with Crippen molar-refractivity contribution in [2.24, 2.45) is 0 Å². The molecular weight excluding hydrogens is 270 g/mol. The molecule has 84 valence electrons. The molecule has 3 heteroatoms. The fourth-order valence-electron chi connectivity index (χ4n) is 1.48. The molecule has 0 radical (unpaired) electrons. The van der Waals surface area contributed by atoms with Gasteiger partial charge in [-0.05, 0) is 53.2 Å². The highest BCUT2D eigenvalue weighted by atomic mass is 79.9. The van der Waals surface area contributed by atoms with Crippen LogP contribution in [0.15, 0.2) is 28.6 Å². The molecule has 0 bridgehead atoms. The minimum atomic E-state index is 0.525. The minimum Gasteiger partial charge on any atom is -0.313 e. The van der Waals surface area contributed by atoms with E-state index < -0.39 is 0 Å². The predicted octanol–water partition coefficient (Wildman–Crippen LogP) is 4.00. The lowest BCUT2D eigenvalue weighted by Crippen LogP contribution is -2.31. The summed E-state index contributed by atoms with van der Waals surface area (Å²) in [7, 11) is 0. The van der Waals surface area contributed by atoms with Gasteiger partial charge in [0.05, 0.1) is 0 Å². The Bertz CT molecular complexity index is 296. The van der Waals surface area contributed by atoms with Crippen LogP contribution in [0.25, 0.3) is 0 Å². The van der Waals surface area contributed by atoms with Gasteiger partial charge < -0.3 is 5.32 Å². The molecule has 15 heavy (non-hydrogen) atoms. The van der Waals surface area contributed by atoms with E-state index in [9.17, 15) is 0 Å². The number of hydrogen-bond acceptors (Lipinski definition) is 2. The zero-order valence-electron chi connectivity index (χ0n) is 9.13. The quantitative estimate of drug-likeness (QED) is 0.748. The van der Waals surface area contributed by atoms with Gasteiger partial charge in [-0.3, -0.25) is 0 Å².